The van der Waals surface area contributed by atoms with Crippen LogP contribution in [0.2, 0.25) is 0 Å². The van der Waals surface area contributed by atoms with Crippen LogP contribution in [-0.2, 0) is 21.4 Å². The lowest BCUT2D eigenvalue weighted by Crippen LogP contribution is -2.09. The van der Waals surface area contributed by atoms with Crippen LogP contribution in [-0.4, -0.2) is 24.0 Å². The van der Waals surface area contributed by atoms with Crippen molar-refractivity contribution in [3.63, 3.8) is 0 Å². The number of furan rings is 1. The van der Waals surface area contributed by atoms with Crippen molar-refractivity contribution < 1.29 is 28.2 Å². The zero-order valence-corrected chi connectivity index (χ0v) is 15.1. The van der Waals surface area contributed by atoms with Crippen molar-refractivity contribution in [1.29, 1.82) is 0 Å². The highest BCUT2D eigenvalue weighted by molar-refractivity contribution is 6.07. The van der Waals surface area contributed by atoms with Gasteiger partial charge in [0, 0.05) is 23.5 Å². The molecule has 1 aromatic carbocycles. The Hall–Kier alpha value is -2.89. The van der Waals surface area contributed by atoms with Crippen LogP contribution in [0.1, 0.15) is 48.2 Å². The minimum atomic E-state index is -1.01. The van der Waals surface area contributed by atoms with Crippen LogP contribution in [0.3, 0.4) is 0 Å². The topological polar surface area (TPSA) is 76.7 Å². The average Bonchev–Trinajstić information content (AvgIpc) is 3.00. The maximum atomic E-state index is 13.1. The van der Waals surface area contributed by atoms with Gasteiger partial charge in [-0.05, 0) is 23.8 Å². The van der Waals surface area contributed by atoms with Gasteiger partial charge in [-0.25, -0.2) is 9.18 Å². The van der Waals surface area contributed by atoms with E-state index in [4.69, 9.17) is 4.42 Å². The molecule has 0 aliphatic rings. The first kappa shape index (κ1) is 19.4. The fraction of sp³-hybridized carbons (Fsp3) is 0.300. The lowest BCUT2D eigenvalue weighted by molar-refractivity contribution is -0.139. The van der Waals surface area contributed by atoms with Crippen molar-refractivity contribution in [2.75, 3.05) is 7.11 Å². The van der Waals surface area contributed by atoms with Gasteiger partial charge in [0.05, 0.1) is 7.11 Å². The molecule has 26 heavy (non-hydrogen) atoms. The molecule has 0 atom stereocenters. The Morgan fingerprint density at radius 2 is 1.85 bits per heavy atom. The number of hydrogen-bond donors (Lipinski definition) is 1. The van der Waals surface area contributed by atoms with Gasteiger partial charge in [-0.3, -0.25) is 4.79 Å². The van der Waals surface area contributed by atoms with Gasteiger partial charge in [0.25, 0.3) is 0 Å². The largest absolute Gasteiger partial charge is 0.502 e. The number of methoxy groups -OCH3 is 1. The predicted molar refractivity (Wildman–Crippen MR) is 93.7 cm³/mol. The summed E-state index contributed by atoms with van der Waals surface area (Å²) in [6, 6.07) is 7.68. The van der Waals surface area contributed by atoms with E-state index in [-0.39, 0.29) is 17.0 Å². The summed E-state index contributed by atoms with van der Waals surface area (Å²) in [4.78, 5) is 23.8. The molecule has 2 aromatic rings. The number of hydrogen-bond acceptors (Lipinski definition) is 5. The van der Waals surface area contributed by atoms with Gasteiger partial charge >= 0.3 is 5.97 Å². The smallest absolute Gasteiger partial charge is 0.373 e. The molecule has 6 heteroatoms. The number of benzene rings is 1. The number of ketones is 1. The number of esters is 1. The number of carbonyl (C=O) groups is 2. The van der Waals surface area contributed by atoms with E-state index in [2.05, 4.69) is 4.74 Å². The Morgan fingerprint density at radius 3 is 2.38 bits per heavy atom. The number of aliphatic hydroxyl groups excluding tert-OH is 1. The first-order valence-corrected chi connectivity index (χ1v) is 8.02. The van der Waals surface area contributed by atoms with Crippen LogP contribution in [0.4, 0.5) is 4.39 Å². The number of rotatable bonds is 5. The van der Waals surface area contributed by atoms with Crippen LogP contribution in [0.25, 0.3) is 0 Å². The first-order valence-electron chi connectivity index (χ1n) is 8.02. The maximum absolute atomic E-state index is 13.1. The van der Waals surface area contributed by atoms with Crippen molar-refractivity contribution >= 4 is 11.8 Å². The van der Waals surface area contributed by atoms with Gasteiger partial charge in [0.2, 0.25) is 11.5 Å². The minimum absolute atomic E-state index is 0.0229. The number of halogens is 1. The molecule has 138 valence electrons. The van der Waals surface area contributed by atoms with Crippen LogP contribution < -0.4 is 0 Å². The quantitative estimate of drug-likeness (QED) is 0.376. The minimum Gasteiger partial charge on any atom is -0.502 e. The molecule has 0 fully saturated rings. The molecule has 0 unspecified atom stereocenters. The Balaban J connectivity index is 2.43. The van der Waals surface area contributed by atoms with E-state index >= 15 is 0 Å². The fourth-order valence-corrected chi connectivity index (χ4v) is 2.31. The van der Waals surface area contributed by atoms with Crippen LogP contribution in [0, 0.1) is 5.82 Å². The molecule has 0 saturated heterocycles. The molecule has 1 heterocycles. The van der Waals surface area contributed by atoms with E-state index in [0.29, 0.717) is 17.7 Å². The molecule has 2 rings (SSSR count). The second-order valence-electron chi connectivity index (χ2n) is 6.90. The summed E-state index contributed by atoms with van der Waals surface area (Å²) < 4.78 is 23.2. The highest BCUT2D eigenvalue weighted by atomic mass is 19.1. The number of aliphatic hydroxyl groups is 1. The Kier molecular flexibility index (Phi) is 5.65. The summed E-state index contributed by atoms with van der Waals surface area (Å²) in [6.45, 7) is 5.80. The van der Waals surface area contributed by atoms with Crippen molar-refractivity contribution in [2.45, 2.75) is 32.6 Å². The van der Waals surface area contributed by atoms with E-state index in [1.165, 1.54) is 12.1 Å². The summed E-state index contributed by atoms with van der Waals surface area (Å²) in [6.07, 6.45) is 1.11. The summed E-state index contributed by atoms with van der Waals surface area (Å²) in [7, 11) is 1.10. The van der Waals surface area contributed by atoms with Crippen LogP contribution in [0.15, 0.2) is 46.6 Å². The van der Waals surface area contributed by atoms with Crippen LogP contribution >= 0.6 is 0 Å². The maximum Gasteiger partial charge on any atom is 0.373 e. The second-order valence-corrected chi connectivity index (χ2v) is 6.90. The number of allylic oxidation sites excluding steroid dienone is 1. The molecule has 0 saturated carbocycles. The normalized spacial score (nSPS) is 12.1. The molecule has 0 bridgehead atoms. The van der Waals surface area contributed by atoms with E-state index < -0.39 is 17.5 Å². The van der Waals surface area contributed by atoms with E-state index in [1.807, 2.05) is 20.8 Å². The summed E-state index contributed by atoms with van der Waals surface area (Å²) in [5.41, 5.74) is 1.04. The van der Waals surface area contributed by atoms with E-state index in [0.717, 1.165) is 18.7 Å². The molecule has 0 aliphatic carbocycles. The molecule has 1 aromatic heterocycles. The van der Waals surface area contributed by atoms with Crippen molar-refractivity contribution in [3.05, 3.63) is 70.6 Å². The van der Waals surface area contributed by atoms with Gasteiger partial charge in [0.15, 0.2) is 5.76 Å². The monoisotopic (exact) mass is 360 g/mol. The SMILES string of the molecule is COC(=O)C(O)=CC(=O)c1oc(C(C)(C)C)cc1Cc1ccc(F)cc1. The summed E-state index contributed by atoms with van der Waals surface area (Å²) in [5.74, 6) is -2.21. The third-order valence-corrected chi connectivity index (χ3v) is 3.74. The molecule has 0 aliphatic heterocycles. The standard InChI is InChI=1S/C20H21FO5/c1-20(2,3)17-10-13(9-12-5-7-14(21)8-6-12)18(26-17)15(22)11-16(23)19(24)25-4/h5-8,10-11,23H,9H2,1-4H3. The van der Waals surface area contributed by atoms with Crippen LogP contribution in [0.5, 0.6) is 0 Å². The first-order chi connectivity index (χ1) is 12.1. The molecule has 1 N–H and O–H groups in total. The molecule has 0 radical (unpaired) electrons. The number of ether oxygens (including phenoxy) is 1. The predicted octanol–water partition coefficient (Wildman–Crippen LogP) is 4.10. The molecule has 5 nitrogen and oxygen atoms in total. The van der Waals surface area contributed by atoms with Gasteiger partial charge in [0.1, 0.15) is 11.6 Å². The highest BCUT2D eigenvalue weighted by Gasteiger charge is 2.25. The zero-order chi connectivity index (χ0) is 19.5. The van der Waals surface area contributed by atoms with Gasteiger partial charge in [-0.15, -0.1) is 0 Å². The summed E-state index contributed by atoms with van der Waals surface area (Å²) >= 11 is 0. The van der Waals surface area contributed by atoms with Crippen molar-refractivity contribution in [1.82, 2.24) is 0 Å². The molecule has 0 spiro atoms. The lowest BCUT2D eigenvalue weighted by atomic mass is 9.92. The van der Waals surface area contributed by atoms with E-state index in [9.17, 15) is 19.1 Å². The Labute approximate surface area is 151 Å². The Bertz CT molecular complexity index is 838. The van der Waals surface area contributed by atoms with E-state index in [1.54, 1.807) is 18.2 Å². The zero-order valence-electron chi connectivity index (χ0n) is 15.1. The third-order valence-electron chi connectivity index (χ3n) is 3.74. The molecular formula is C20H21FO5. The molecule has 0 amide bonds. The Morgan fingerprint density at radius 1 is 1.23 bits per heavy atom. The lowest BCUT2D eigenvalue weighted by Gasteiger charge is -2.13. The van der Waals surface area contributed by atoms with Crippen molar-refractivity contribution in [3.8, 4) is 0 Å². The third kappa shape index (κ3) is 4.59. The van der Waals surface area contributed by atoms with Gasteiger partial charge in [-0.1, -0.05) is 32.9 Å². The van der Waals surface area contributed by atoms with Gasteiger partial charge in [-0.2, -0.15) is 0 Å². The average molecular weight is 360 g/mol. The van der Waals surface area contributed by atoms with Crippen molar-refractivity contribution in [2.24, 2.45) is 0 Å². The fourth-order valence-electron chi connectivity index (χ4n) is 2.31. The highest BCUT2D eigenvalue weighted by Crippen LogP contribution is 2.29. The van der Waals surface area contributed by atoms with Gasteiger partial charge < -0.3 is 14.3 Å². The summed E-state index contributed by atoms with van der Waals surface area (Å²) in [5, 5.41) is 9.61. The molecular weight excluding hydrogens is 339 g/mol. The second kappa shape index (κ2) is 7.56. The number of carbonyl (C=O) groups excluding carboxylic acids is 2.